The van der Waals surface area contributed by atoms with Crippen LogP contribution in [-0.2, 0) is 6.18 Å². The fraction of sp³-hybridized carbons (Fsp3) is 0.150. The summed E-state index contributed by atoms with van der Waals surface area (Å²) in [6, 6.07) is 13.4. The van der Waals surface area contributed by atoms with Gasteiger partial charge in [0.05, 0.1) is 11.8 Å². The quantitative estimate of drug-likeness (QED) is 0.588. The van der Waals surface area contributed by atoms with Crippen LogP contribution in [-0.4, -0.2) is 11.1 Å². The largest absolute Gasteiger partial charge is 0.475 e. The van der Waals surface area contributed by atoms with Crippen molar-refractivity contribution in [1.29, 1.82) is 0 Å². The Bertz CT molecular complexity index is 928. The minimum absolute atomic E-state index is 0.131. The molecule has 7 heteroatoms. The first kappa shape index (κ1) is 18.6. The first-order chi connectivity index (χ1) is 12.8. The minimum Gasteiger partial charge on any atom is -0.475 e. The monoisotopic (exact) mass is 375 g/mol. The number of halogens is 3. The van der Waals surface area contributed by atoms with Gasteiger partial charge in [-0.1, -0.05) is 24.3 Å². The number of hydrogen-bond donors (Lipinski definition) is 2. The number of carboxylic acid groups (broad SMARTS) is 1. The topological polar surface area (TPSA) is 62.5 Å². The summed E-state index contributed by atoms with van der Waals surface area (Å²) < 4.78 is 42.9. The van der Waals surface area contributed by atoms with Gasteiger partial charge in [0.15, 0.2) is 0 Å². The summed E-state index contributed by atoms with van der Waals surface area (Å²) in [5.74, 6) is -1.28. The van der Waals surface area contributed by atoms with Gasteiger partial charge < -0.3 is 14.8 Å². The Morgan fingerprint density at radius 2 is 1.67 bits per heavy atom. The zero-order chi connectivity index (χ0) is 19.6. The number of anilines is 1. The summed E-state index contributed by atoms with van der Waals surface area (Å²) in [6.07, 6.45) is -3.04. The number of benzene rings is 2. The van der Waals surface area contributed by atoms with Crippen molar-refractivity contribution in [1.82, 2.24) is 0 Å². The Kier molecular flexibility index (Phi) is 4.94. The molecule has 0 amide bonds. The third-order valence-corrected chi connectivity index (χ3v) is 4.18. The molecule has 0 spiro atoms. The van der Waals surface area contributed by atoms with Crippen LogP contribution >= 0.6 is 0 Å². The summed E-state index contributed by atoms with van der Waals surface area (Å²) in [5.41, 5.74) is 1.96. The lowest BCUT2D eigenvalue weighted by Gasteiger charge is -2.17. The Morgan fingerprint density at radius 1 is 1.04 bits per heavy atom. The molecule has 2 N–H and O–H groups in total. The van der Waals surface area contributed by atoms with E-state index < -0.39 is 17.7 Å². The predicted molar refractivity (Wildman–Crippen MR) is 94.6 cm³/mol. The smallest absolute Gasteiger partial charge is 0.416 e. The molecule has 3 rings (SSSR count). The molecule has 0 saturated carbocycles. The second kappa shape index (κ2) is 7.19. The molecule has 2 aromatic carbocycles. The van der Waals surface area contributed by atoms with Crippen molar-refractivity contribution in [2.75, 3.05) is 5.32 Å². The molecule has 1 unspecified atom stereocenters. The van der Waals surface area contributed by atoms with Crippen molar-refractivity contribution in [2.45, 2.75) is 19.1 Å². The van der Waals surface area contributed by atoms with Gasteiger partial charge in [0.25, 0.3) is 0 Å². The Labute approximate surface area is 153 Å². The second-order valence-corrected chi connectivity index (χ2v) is 6.03. The highest BCUT2D eigenvalue weighted by molar-refractivity contribution is 5.93. The summed E-state index contributed by atoms with van der Waals surface area (Å²) >= 11 is 0. The van der Waals surface area contributed by atoms with Crippen molar-refractivity contribution >= 4 is 11.7 Å². The van der Waals surface area contributed by atoms with Gasteiger partial charge in [-0.2, -0.15) is 13.2 Å². The fourth-order valence-electron chi connectivity index (χ4n) is 2.74. The Hall–Kier alpha value is -3.22. The SMILES string of the molecule is CC(Nc1ccc(-c2ccoc2C(=O)O)cc1)c1ccc(C(F)(F)F)cc1. The third kappa shape index (κ3) is 4.13. The highest BCUT2D eigenvalue weighted by atomic mass is 19.4. The van der Waals surface area contributed by atoms with E-state index in [2.05, 4.69) is 5.32 Å². The van der Waals surface area contributed by atoms with Crippen LogP contribution in [0.25, 0.3) is 11.1 Å². The molecule has 1 aromatic heterocycles. The average molecular weight is 375 g/mol. The van der Waals surface area contributed by atoms with E-state index in [1.165, 1.54) is 18.4 Å². The molecule has 140 valence electrons. The fourth-order valence-corrected chi connectivity index (χ4v) is 2.74. The van der Waals surface area contributed by atoms with Crippen molar-refractivity contribution < 1.29 is 27.5 Å². The highest BCUT2D eigenvalue weighted by Gasteiger charge is 2.30. The van der Waals surface area contributed by atoms with E-state index in [-0.39, 0.29) is 11.8 Å². The van der Waals surface area contributed by atoms with Crippen molar-refractivity contribution in [3.63, 3.8) is 0 Å². The lowest BCUT2D eigenvalue weighted by Crippen LogP contribution is -2.08. The number of nitrogens with one attached hydrogen (secondary N) is 1. The first-order valence-electron chi connectivity index (χ1n) is 8.10. The van der Waals surface area contributed by atoms with Crippen LogP contribution in [0.5, 0.6) is 0 Å². The van der Waals surface area contributed by atoms with E-state index in [1.54, 1.807) is 30.3 Å². The van der Waals surface area contributed by atoms with Crippen molar-refractivity contribution in [3.05, 3.63) is 77.7 Å². The Balaban J connectivity index is 1.72. The summed E-state index contributed by atoms with van der Waals surface area (Å²) in [4.78, 5) is 11.1. The van der Waals surface area contributed by atoms with Gasteiger partial charge in [-0.05, 0) is 48.4 Å². The summed E-state index contributed by atoms with van der Waals surface area (Å²) in [6.45, 7) is 1.84. The molecule has 0 aliphatic rings. The number of furan rings is 1. The molecule has 0 aliphatic heterocycles. The molecule has 1 heterocycles. The van der Waals surface area contributed by atoms with Crippen LogP contribution in [0, 0.1) is 0 Å². The molecule has 4 nitrogen and oxygen atoms in total. The number of aromatic carboxylic acids is 1. The maximum Gasteiger partial charge on any atom is 0.416 e. The van der Waals surface area contributed by atoms with E-state index in [9.17, 15) is 18.0 Å². The number of rotatable bonds is 5. The lowest BCUT2D eigenvalue weighted by atomic mass is 10.0. The van der Waals surface area contributed by atoms with E-state index in [0.717, 1.165) is 23.4 Å². The molecule has 1 atom stereocenters. The van der Waals surface area contributed by atoms with Crippen molar-refractivity contribution in [2.24, 2.45) is 0 Å². The third-order valence-electron chi connectivity index (χ3n) is 4.18. The normalized spacial score (nSPS) is 12.6. The van der Waals surface area contributed by atoms with Crippen LogP contribution in [0.1, 0.15) is 34.6 Å². The van der Waals surface area contributed by atoms with Gasteiger partial charge in [0.2, 0.25) is 5.76 Å². The van der Waals surface area contributed by atoms with Crippen LogP contribution in [0.3, 0.4) is 0 Å². The highest BCUT2D eigenvalue weighted by Crippen LogP contribution is 2.31. The van der Waals surface area contributed by atoms with E-state index in [4.69, 9.17) is 9.52 Å². The zero-order valence-corrected chi connectivity index (χ0v) is 14.2. The molecule has 3 aromatic rings. The van der Waals surface area contributed by atoms with Crippen LogP contribution < -0.4 is 5.32 Å². The van der Waals surface area contributed by atoms with Gasteiger partial charge in [-0.15, -0.1) is 0 Å². The number of alkyl halides is 3. The number of hydrogen-bond acceptors (Lipinski definition) is 3. The van der Waals surface area contributed by atoms with Gasteiger partial charge in [0, 0.05) is 17.3 Å². The zero-order valence-electron chi connectivity index (χ0n) is 14.2. The maximum absolute atomic E-state index is 12.6. The van der Waals surface area contributed by atoms with Crippen molar-refractivity contribution in [3.8, 4) is 11.1 Å². The van der Waals surface area contributed by atoms with Crippen LogP contribution in [0.15, 0.2) is 65.3 Å². The maximum atomic E-state index is 12.6. The first-order valence-corrected chi connectivity index (χ1v) is 8.10. The predicted octanol–water partition coefficient (Wildman–Crippen LogP) is 5.84. The molecule has 0 saturated heterocycles. The molecular formula is C20H16F3NO3. The molecule has 0 fully saturated rings. The average Bonchev–Trinajstić information content (AvgIpc) is 3.12. The minimum atomic E-state index is -4.35. The second-order valence-electron chi connectivity index (χ2n) is 6.03. The summed E-state index contributed by atoms with van der Waals surface area (Å²) in [5, 5.41) is 12.3. The molecular weight excluding hydrogens is 359 g/mol. The van der Waals surface area contributed by atoms with E-state index in [1.807, 2.05) is 6.92 Å². The Morgan fingerprint density at radius 3 is 2.22 bits per heavy atom. The van der Waals surface area contributed by atoms with E-state index in [0.29, 0.717) is 11.1 Å². The molecule has 27 heavy (non-hydrogen) atoms. The molecule has 0 aliphatic carbocycles. The van der Waals surface area contributed by atoms with Crippen LogP contribution in [0.2, 0.25) is 0 Å². The standard InChI is InChI=1S/C20H16F3NO3/c1-12(13-2-6-15(7-3-13)20(21,22)23)24-16-8-4-14(5-9-16)17-10-11-27-18(17)19(25)26/h2-12,24H,1H3,(H,25,26). The summed E-state index contributed by atoms with van der Waals surface area (Å²) in [7, 11) is 0. The number of carbonyl (C=O) groups is 1. The van der Waals surface area contributed by atoms with Gasteiger partial charge in [-0.3, -0.25) is 0 Å². The molecule has 0 bridgehead atoms. The number of carboxylic acids is 1. The van der Waals surface area contributed by atoms with E-state index >= 15 is 0 Å². The van der Waals surface area contributed by atoms with Gasteiger partial charge in [0.1, 0.15) is 0 Å². The molecule has 0 radical (unpaired) electrons. The van der Waals surface area contributed by atoms with Crippen LogP contribution in [0.4, 0.5) is 18.9 Å². The van der Waals surface area contributed by atoms with Gasteiger partial charge in [-0.25, -0.2) is 4.79 Å². The lowest BCUT2D eigenvalue weighted by molar-refractivity contribution is -0.137. The van der Waals surface area contributed by atoms with Gasteiger partial charge >= 0.3 is 12.1 Å².